The number of rotatable bonds is 1. The molecule has 0 atom stereocenters. The molecule has 0 saturated heterocycles. The quantitative estimate of drug-likeness (QED) is 0.824. The van der Waals surface area contributed by atoms with Gasteiger partial charge in [0.1, 0.15) is 11.6 Å². The molecule has 1 heterocycles. The van der Waals surface area contributed by atoms with Gasteiger partial charge in [-0.1, -0.05) is 17.7 Å². The summed E-state index contributed by atoms with van der Waals surface area (Å²) in [6, 6.07) is 8.15. The van der Waals surface area contributed by atoms with E-state index in [1.54, 1.807) is 18.2 Å². The average molecular weight is 237 g/mol. The van der Waals surface area contributed by atoms with Crippen molar-refractivity contribution in [1.29, 1.82) is 0 Å². The van der Waals surface area contributed by atoms with Crippen LogP contribution in [0.4, 0.5) is 10.2 Å². The molecule has 0 aliphatic heterocycles. The zero-order chi connectivity index (χ0) is 11.7. The van der Waals surface area contributed by atoms with Gasteiger partial charge in [-0.3, -0.25) is 0 Å². The van der Waals surface area contributed by atoms with E-state index in [1.165, 1.54) is 6.07 Å². The van der Waals surface area contributed by atoms with Gasteiger partial charge >= 0.3 is 0 Å². The van der Waals surface area contributed by atoms with Crippen LogP contribution in [0.1, 0.15) is 5.69 Å². The van der Waals surface area contributed by atoms with Crippen molar-refractivity contribution in [3.8, 4) is 11.1 Å². The molecule has 82 valence electrons. The molecule has 0 fully saturated rings. The fourth-order valence-corrected chi connectivity index (χ4v) is 1.73. The molecule has 0 radical (unpaired) electrons. The van der Waals surface area contributed by atoms with Gasteiger partial charge in [0.25, 0.3) is 0 Å². The lowest BCUT2D eigenvalue weighted by atomic mass is 10.0. The highest BCUT2D eigenvalue weighted by atomic mass is 35.5. The monoisotopic (exact) mass is 236 g/mol. The molecule has 0 aliphatic rings. The first kappa shape index (κ1) is 10.9. The number of halogens is 2. The predicted octanol–water partition coefficient (Wildman–Crippen LogP) is 3.43. The number of aryl methyl sites for hydroxylation is 1. The number of hydrogen-bond acceptors (Lipinski definition) is 2. The van der Waals surface area contributed by atoms with Crippen molar-refractivity contribution < 1.29 is 4.39 Å². The Morgan fingerprint density at radius 2 is 2.00 bits per heavy atom. The average Bonchev–Trinajstić information content (AvgIpc) is 2.22. The minimum absolute atomic E-state index is 0.105. The molecule has 1 aromatic carbocycles. The standard InChI is InChI=1S/C12H10ClFN2/c1-7-9(3-5-12(15)16-7)8-2-4-11(14)10(13)6-8/h2-6H,1H3,(H2,15,16). The molecule has 0 amide bonds. The Labute approximate surface area is 97.9 Å². The van der Waals surface area contributed by atoms with Gasteiger partial charge in [0.15, 0.2) is 0 Å². The van der Waals surface area contributed by atoms with E-state index in [4.69, 9.17) is 17.3 Å². The Balaban J connectivity index is 2.54. The number of pyridine rings is 1. The summed E-state index contributed by atoms with van der Waals surface area (Å²) in [4.78, 5) is 4.14. The van der Waals surface area contributed by atoms with E-state index in [1.807, 2.05) is 13.0 Å². The second kappa shape index (κ2) is 4.10. The van der Waals surface area contributed by atoms with Crippen LogP contribution >= 0.6 is 11.6 Å². The first-order chi connectivity index (χ1) is 7.58. The van der Waals surface area contributed by atoms with Gasteiger partial charge in [-0.05, 0) is 36.8 Å². The van der Waals surface area contributed by atoms with Crippen molar-refractivity contribution in [1.82, 2.24) is 4.98 Å². The maximum absolute atomic E-state index is 13.0. The molecule has 2 N–H and O–H groups in total. The van der Waals surface area contributed by atoms with E-state index in [2.05, 4.69) is 4.98 Å². The molecule has 0 saturated carbocycles. The maximum atomic E-state index is 13.0. The molecule has 2 aromatic rings. The highest BCUT2D eigenvalue weighted by Crippen LogP contribution is 2.27. The summed E-state index contributed by atoms with van der Waals surface area (Å²) in [7, 11) is 0. The number of anilines is 1. The zero-order valence-corrected chi connectivity index (χ0v) is 9.42. The van der Waals surface area contributed by atoms with Crippen LogP contribution in [-0.4, -0.2) is 4.98 Å². The SMILES string of the molecule is Cc1nc(N)ccc1-c1ccc(F)c(Cl)c1. The number of benzene rings is 1. The predicted molar refractivity (Wildman–Crippen MR) is 63.8 cm³/mol. The topological polar surface area (TPSA) is 38.9 Å². The number of aromatic nitrogens is 1. The van der Waals surface area contributed by atoms with Gasteiger partial charge in [0, 0.05) is 11.3 Å². The summed E-state index contributed by atoms with van der Waals surface area (Å²) >= 11 is 5.73. The van der Waals surface area contributed by atoms with E-state index < -0.39 is 5.82 Å². The summed E-state index contributed by atoms with van der Waals surface area (Å²) in [5, 5.41) is 0.105. The highest BCUT2D eigenvalue weighted by molar-refractivity contribution is 6.31. The van der Waals surface area contributed by atoms with Crippen LogP contribution in [0.25, 0.3) is 11.1 Å². The molecule has 1 aromatic heterocycles. The van der Waals surface area contributed by atoms with E-state index in [0.717, 1.165) is 16.8 Å². The second-order valence-electron chi connectivity index (χ2n) is 3.50. The third kappa shape index (κ3) is 1.99. The zero-order valence-electron chi connectivity index (χ0n) is 8.67. The van der Waals surface area contributed by atoms with Gasteiger partial charge in [-0.15, -0.1) is 0 Å². The lowest BCUT2D eigenvalue weighted by Crippen LogP contribution is -1.94. The fraction of sp³-hybridized carbons (Fsp3) is 0.0833. The Hall–Kier alpha value is -1.61. The van der Waals surface area contributed by atoms with Crippen LogP contribution < -0.4 is 5.73 Å². The lowest BCUT2D eigenvalue weighted by Gasteiger charge is -2.06. The van der Waals surface area contributed by atoms with Crippen LogP contribution in [0.2, 0.25) is 5.02 Å². The van der Waals surface area contributed by atoms with Crippen molar-refractivity contribution in [2.45, 2.75) is 6.92 Å². The van der Waals surface area contributed by atoms with Crippen LogP contribution in [-0.2, 0) is 0 Å². The summed E-state index contributed by atoms with van der Waals surface area (Å²) in [5.74, 6) is 0.0425. The van der Waals surface area contributed by atoms with Gasteiger partial charge < -0.3 is 5.73 Å². The second-order valence-corrected chi connectivity index (χ2v) is 3.91. The molecule has 2 rings (SSSR count). The molecular weight excluding hydrogens is 227 g/mol. The van der Waals surface area contributed by atoms with E-state index in [0.29, 0.717) is 5.82 Å². The summed E-state index contributed by atoms with van der Waals surface area (Å²) in [6.07, 6.45) is 0. The van der Waals surface area contributed by atoms with Gasteiger partial charge in [-0.2, -0.15) is 0 Å². The molecule has 0 bridgehead atoms. The lowest BCUT2D eigenvalue weighted by molar-refractivity contribution is 0.628. The minimum atomic E-state index is -0.425. The first-order valence-electron chi connectivity index (χ1n) is 4.76. The molecule has 16 heavy (non-hydrogen) atoms. The van der Waals surface area contributed by atoms with Gasteiger partial charge in [0.2, 0.25) is 0 Å². The number of hydrogen-bond donors (Lipinski definition) is 1. The number of nitrogens with zero attached hydrogens (tertiary/aromatic N) is 1. The normalized spacial score (nSPS) is 10.4. The number of nitrogen functional groups attached to an aromatic ring is 1. The molecule has 0 spiro atoms. The maximum Gasteiger partial charge on any atom is 0.141 e. The third-order valence-corrected chi connectivity index (χ3v) is 2.63. The molecule has 0 unspecified atom stereocenters. The Morgan fingerprint density at radius 1 is 1.25 bits per heavy atom. The first-order valence-corrected chi connectivity index (χ1v) is 5.14. The molecule has 4 heteroatoms. The molecular formula is C12H10ClFN2. The highest BCUT2D eigenvalue weighted by Gasteiger charge is 2.06. The molecule has 0 aliphatic carbocycles. The van der Waals surface area contributed by atoms with Crippen molar-refractivity contribution in [2.75, 3.05) is 5.73 Å². The van der Waals surface area contributed by atoms with Crippen LogP contribution in [0.5, 0.6) is 0 Å². The Kier molecular flexibility index (Phi) is 2.79. The summed E-state index contributed by atoms with van der Waals surface area (Å²) in [5.41, 5.74) is 8.09. The largest absolute Gasteiger partial charge is 0.384 e. The van der Waals surface area contributed by atoms with Gasteiger partial charge in [-0.25, -0.2) is 9.37 Å². The Bertz CT molecular complexity index is 541. The van der Waals surface area contributed by atoms with E-state index in [9.17, 15) is 4.39 Å². The third-order valence-electron chi connectivity index (χ3n) is 2.34. The van der Waals surface area contributed by atoms with Crippen LogP contribution in [0, 0.1) is 12.7 Å². The van der Waals surface area contributed by atoms with Crippen LogP contribution in [0.3, 0.4) is 0 Å². The summed E-state index contributed by atoms with van der Waals surface area (Å²) < 4.78 is 13.0. The van der Waals surface area contributed by atoms with Crippen molar-refractivity contribution >= 4 is 17.4 Å². The number of nitrogens with two attached hydrogens (primary N) is 1. The smallest absolute Gasteiger partial charge is 0.141 e. The van der Waals surface area contributed by atoms with E-state index in [-0.39, 0.29) is 5.02 Å². The van der Waals surface area contributed by atoms with Gasteiger partial charge in [0.05, 0.1) is 5.02 Å². The minimum Gasteiger partial charge on any atom is -0.384 e. The van der Waals surface area contributed by atoms with E-state index >= 15 is 0 Å². The summed E-state index contributed by atoms with van der Waals surface area (Å²) in [6.45, 7) is 1.85. The van der Waals surface area contributed by atoms with Crippen molar-refractivity contribution in [2.24, 2.45) is 0 Å². The van der Waals surface area contributed by atoms with Crippen LogP contribution in [0.15, 0.2) is 30.3 Å². The Morgan fingerprint density at radius 3 is 2.62 bits per heavy atom. The van der Waals surface area contributed by atoms with Crippen molar-refractivity contribution in [3.05, 3.63) is 46.9 Å². The van der Waals surface area contributed by atoms with Crippen molar-refractivity contribution in [3.63, 3.8) is 0 Å². The fourth-order valence-electron chi connectivity index (χ4n) is 1.55. The molecule has 2 nitrogen and oxygen atoms in total.